The standard InChI is InChI=1S/C16H23NO2/c1-11-3-6-16-13(7-11)8-15(19-16)10-18-14-5-4-12(2)17-9-14/h3,6-7,12,14-15,17H,4-5,8-10H2,1-2H3. The molecule has 0 aromatic heterocycles. The van der Waals surface area contributed by atoms with E-state index in [2.05, 4.69) is 37.4 Å². The summed E-state index contributed by atoms with van der Waals surface area (Å²) in [5.74, 6) is 1.04. The van der Waals surface area contributed by atoms with Gasteiger partial charge >= 0.3 is 0 Å². The van der Waals surface area contributed by atoms with Crippen LogP contribution >= 0.6 is 0 Å². The highest BCUT2D eigenvalue weighted by Gasteiger charge is 2.25. The van der Waals surface area contributed by atoms with Crippen molar-refractivity contribution in [2.45, 2.75) is 51.4 Å². The first-order chi connectivity index (χ1) is 9.20. The SMILES string of the molecule is Cc1ccc2c(c1)CC(COC1CCC(C)NC1)O2. The van der Waals surface area contributed by atoms with Crippen LogP contribution in [0.2, 0.25) is 0 Å². The van der Waals surface area contributed by atoms with Crippen LogP contribution in [0, 0.1) is 6.92 Å². The number of hydrogen-bond acceptors (Lipinski definition) is 3. The Balaban J connectivity index is 1.48. The van der Waals surface area contributed by atoms with Crippen LogP contribution in [0.3, 0.4) is 0 Å². The summed E-state index contributed by atoms with van der Waals surface area (Å²) in [5.41, 5.74) is 2.62. The van der Waals surface area contributed by atoms with Crippen molar-refractivity contribution in [2.75, 3.05) is 13.2 Å². The van der Waals surface area contributed by atoms with Gasteiger partial charge < -0.3 is 14.8 Å². The lowest BCUT2D eigenvalue weighted by atomic mass is 10.0. The molecule has 3 atom stereocenters. The smallest absolute Gasteiger partial charge is 0.126 e. The molecule has 0 spiro atoms. The van der Waals surface area contributed by atoms with Gasteiger partial charge in [0.1, 0.15) is 11.9 Å². The Morgan fingerprint density at radius 2 is 2.26 bits per heavy atom. The largest absolute Gasteiger partial charge is 0.487 e. The molecular formula is C16H23NO2. The van der Waals surface area contributed by atoms with E-state index in [1.807, 2.05) is 0 Å². The zero-order valence-electron chi connectivity index (χ0n) is 11.8. The van der Waals surface area contributed by atoms with E-state index in [-0.39, 0.29) is 6.10 Å². The molecule has 1 saturated heterocycles. The van der Waals surface area contributed by atoms with E-state index in [0.717, 1.165) is 25.1 Å². The van der Waals surface area contributed by atoms with Crippen LogP contribution in [-0.2, 0) is 11.2 Å². The summed E-state index contributed by atoms with van der Waals surface area (Å²) in [5, 5.41) is 3.47. The van der Waals surface area contributed by atoms with Crippen LogP contribution in [0.1, 0.15) is 30.9 Å². The summed E-state index contributed by atoms with van der Waals surface area (Å²) in [6.07, 6.45) is 3.89. The first kappa shape index (κ1) is 12.9. The summed E-state index contributed by atoms with van der Waals surface area (Å²) >= 11 is 0. The van der Waals surface area contributed by atoms with Crippen molar-refractivity contribution < 1.29 is 9.47 Å². The minimum Gasteiger partial charge on any atom is -0.487 e. The lowest BCUT2D eigenvalue weighted by Gasteiger charge is -2.28. The van der Waals surface area contributed by atoms with Crippen molar-refractivity contribution in [3.8, 4) is 5.75 Å². The molecule has 2 heterocycles. The number of piperidine rings is 1. The second-order valence-corrected chi connectivity index (χ2v) is 5.90. The number of fused-ring (bicyclic) bond motifs is 1. The van der Waals surface area contributed by atoms with Crippen molar-refractivity contribution in [1.82, 2.24) is 5.32 Å². The molecule has 0 aliphatic carbocycles. The van der Waals surface area contributed by atoms with Crippen LogP contribution in [-0.4, -0.2) is 31.4 Å². The van der Waals surface area contributed by atoms with Gasteiger partial charge in [0.2, 0.25) is 0 Å². The number of benzene rings is 1. The second-order valence-electron chi connectivity index (χ2n) is 5.90. The number of ether oxygens (including phenoxy) is 2. The number of rotatable bonds is 3. The number of nitrogens with one attached hydrogen (secondary N) is 1. The summed E-state index contributed by atoms with van der Waals surface area (Å²) in [6.45, 7) is 6.03. The van der Waals surface area contributed by atoms with E-state index in [0.29, 0.717) is 18.8 Å². The third kappa shape index (κ3) is 3.10. The van der Waals surface area contributed by atoms with Gasteiger partial charge in [-0.1, -0.05) is 17.7 Å². The maximum Gasteiger partial charge on any atom is 0.126 e. The molecule has 1 aromatic carbocycles. The Morgan fingerprint density at radius 3 is 3.05 bits per heavy atom. The van der Waals surface area contributed by atoms with E-state index >= 15 is 0 Å². The summed E-state index contributed by atoms with van der Waals surface area (Å²) in [4.78, 5) is 0. The molecule has 104 valence electrons. The van der Waals surface area contributed by atoms with Crippen LogP contribution in [0.5, 0.6) is 5.75 Å². The first-order valence-electron chi connectivity index (χ1n) is 7.32. The van der Waals surface area contributed by atoms with Gasteiger partial charge in [0, 0.05) is 19.0 Å². The molecule has 19 heavy (non-hydrogen) atoms. The molecule has 1 N–H and O–H groups in total. The highest BCUT2D eigenvalue weighted by atomic mass is 16.5. The number of hydrogen-bond donors (Lipinski definition) is 1. The van der Waals surface area contributed by atoms with E-state index in [9.17, 15) is 0 Å². The first-order valence-corrected chi connectivity index (χ1v) is 7.32. The van der Waals surface area contributed by atoms with Gasteiger partial charge in [-0.15, -0.1) is 0 Å². The summed E-state index contributed by atoms with van der Waals surface area (Å²) in [6, 6.07) is 7.04. The molecule has 1 aromatic rings. The van der Waals surface area contributed by atoms with E-state index in [4.69, 9.17) is 9.47 Å². The molecule has 2 aliphatic heterocycles. The summed E-state index contributed by atoms with van der Waals surface area (Å²) in [7, 11) is 0. The molecule has 3 rings (SSSR count). The average Bonchev–Trinajstić information content (AvgIpc) is 2.80. The molecule has 1 fully saturated rings. The molecule has 0 amide bonds. The molecular weight excluding hydrogens is 238 g/mol. The fraction of sp³-hybridized carbons (Fsp3) is 0.625. The van der Waals surface area contributed by atoms with Gasteiger partial charge in [0.15, 0.2) is 0 Å². The predicted molar refractivity (Wildman–Crippen MR) is 75.7 cm³/mol. The summed E-state index contributed by atoms with van der Waals surface area (Å²) < 4.78 is 11.9. The topological polar surface area (TPSA) is 30.5 Å². The fourth-order valence-corrected chi connectivity index (χ4v) is 2.90. The van der Waals surface area contributed by atoms with Crippen molar-refractivity contribution >= 4 is 0 Å². The zero-order valence-corrected chi connectivity index (χ0v) is 11.8. The van der Waals surface area contributed by atoms with Gasteiger partial charge in [0.05, 0.1) is 12.7 Å². The van der Waals surface area contributed by atoms with E-state index in [1.54, 1.807) is 0 Å². The lowest BCUT2D eigenvalue weighted by Crippen LogP contribution is -2.42. The minimum atomic E-state index is 0.191. The van der Waals surface area contributed by atoms with Gasteiger partial charge in [-0.25, -0.2) is 0 Å². The normalized spacial score (nSPS) is 29.9. The van der Waals surface area contributed by atoms with E-state index < -0.39 is 0 Å². The van der Waals surface area contributed by atoms with Crippen LogP contribution in [0.15, 0.2) is 18.2 Å². The molecule has 0 bridgehead atoms. The Morgan fingerprint density at radius 1 is 1.37 bits per heavy atom. The third-order valence-corrected chi connectivity index (χ3v) is 4.09. The van der Waals surface area contributed by atoms with Crippen molar-refractivity contribution in [2.24, 2.45) is 0 Å². The number of aryl methyl sites for hydroxylation is 1. The molecule has 0 radical (unpaired) electrons. The van der Waals surface area contributed by atoms with Crippen molar-refractivity contribution in [1.29, 1.82) is 0 Å². The Labute approximate surface area is 115 Å². The maximum atomic E-state index is 5.99. The molecule has 0 saturated carbocycles. The van der Waals surface area contributed by atoms with Crippen molar-refractivity contribution in [3.05, 3.63) is 29.3 Å². The lowest BCUT2D eigenvalue weighted by molar-refractivity contribution is -0.00770. The quantitative estimate of drug-likeness (QED) is 0.906. The monoisotopic (exact) mass is 261 g/mol. The van der Waals surface area contributed by atoms with E-state index in [1.165, 1.54) is 17.5 Å². The molecule has 3 nitrogen and oxygen atoms in total. The average molecular weight is 261 g/mol. The molecule has 3 heteroatoms. The zero-order chi connectivity index (χ0) is 13.2. The Bertz CT molecular complexity index is 438. The second kappa shape index (κ2) is 5.51. The highest BCUT2D eigenvalue weighted by Crippen LogP contribution is 2.29. The van der Waals surface area contributed by atoms with Crippen LogP contribution in [0.4, 0.5) is 0 Å². The van der Waals surface area contributed by atoms with Crippen LogP contribution in [0.25, 0.3) is 0 Å². The molecule has 2 aliphatic rings. The van der Waals surface area contributed by atoms with Gasteiger partial charge in [-0.2, -0.15) is 0 Å². The minimum absolute atomic E-state index is 0.191. The Hall–Kier alpha value is -1.06. The third-order valence-electron chi connectivity index (χ3n) is 4.09. The van der Waals surface area contributed by atoms with Gasteiger partial charge in [-0.3, -0.25) is 0 Å². The predicted octanol–water partition coefficient (Wildman–Crippen LogP) is 2.46. The van der Waals surface area contributed by atoms with Gasteiger partial charge in [0.25, 0.3) is 0 Å². The van der Waals surface area contributed by atoms with Crippen LogP contribution < -0.4 is 10.1 Å². The molecule has 3 unspecified atom stereocenters. The fourth-order valence-electron chi connectivity index (χ4n) is 2.90. The Kier molecular flexibility index (Phi) is 3.76. The van der Waals surface area contributed by atoms with Crippen molar-refractivity contribution in [3.63, 3.8) is 0 Å². The maximum absolute atomic E-state index is 5.99. The highest BCUT2D eigenvalue weighted by molar-refractivity contribution is 5.40. The van der Waals surface area contributed by atoms with Gasteiger partial charge in [-0.05, 0) is 38.3 Å².